The minimum absolute atomic E-state index is 0.175. The van der Waals surface area contributed by atoms with E-state index in [1.165, 1.54) is 0 Å². The molecule has 0 aliphatic heterocycles. The Morgan fingerprint density at radius 2 is 2.24 bits per heavy atom. The number of nitrogens with zero attached hydrogens (tertiary/aromatic N) is 2. The maximum absolute atomic E-state index is 11.4. The molecule has 0 aliphatic carbocycles. The second-order valence-corrected chi connectivity index (χ2v) is 4.99. The van der Waals surface area contributed by atoms with Crippen LogP contribution in [0.15, 0.2) is 12.3 Å². The molecule has 0 saturated heterocycles. The first-order valence-corrected chi connectivity index (χ1v) is 5.78. The van der Waals surface area contributed by atoms with Gasteiger partial charge in [-0.1, -0.05) is 0 Å². The van der Waals surface area contributed by atoms with Crippen LogP contribution in [0.5, 0.6) is 0 Å². The van der Waals surface area contributed by atoms with E-state index in [4.69, 9.17) is 4.74 Å². The van der Waals surface area contributed by atoms with Crippen LogP contribution < -0.4 is 5.32 Å². The Balaban J connectivity index is 2.14. The average molecular weight is 239 g/mol. The van der Waals surface area contributed by atoms with E-state index >= 15 is 0 Å². The molecule has 0 aromatic carbocycles. The fourth-order valence-electron chi connectivity index (χ4n) is 1.36. The summed E-state index contributed by atoms with van der Waals surface area (Å²) in [4.78, 5) is 11.4. The lowest BCUT2D eigenvalue weighted by atomic mass is 10.2. The van der Waals surface area contributed by atoms with E-state index in [1.807, 2.05) is 40.1 Å². The minimum atomic E-state index is -0.405. The first kappa shape index (κ1) is 13.7. The number of aryl methyl sites for hydroxylation is 1. The van der Waals surface area contributed by atoms with Crippen molar-refractivity contribution in [3.05, 3.63) is 18.0 Å². The summed E-state index contributed by atoms with van der Waals surface area (Å²) < 4.78 is 6.95. The van der Waals surface area contributed by atoms with Crippen molar-refractivity contribution in [3.63, 3.8) is 0 Å². The summed E-state index contributed by atoms with van der Waals surface area (Å²) >= 11 is 0. The number of ether oxygens (including phenoxy) is 1. The molecular formula is C12H21N3O2. The van der Waals surface area contributed by atoms with Crippen molar-refractivity contribution >= 4 is 5.97 Å². The van der Waals surface area contributed by atoms with E-state index < -0.39 is 5.60 Å². The van der Waals surface area contributed by atoms with Gasteiger partial charge in [0, 0.05) is 26.3 Å². The van der Waals surface area contributed by atoms with Crippen molar-refractivity contribution in [3.8, 4) is 0 Å². The lowest BCUT2D eigenvalue weighted by molar-refractivity contribution is -0.154. The summed E-state index contributed by atoms with van der Waals surface area (Å²) in [6.45, 7) is 6.87. The topological polar surface area (TPSA) is 56.2 Å². The molecule has 5 heteroatoms. The SMILES string of the molecule is Cn1ccc(CNCCC(=O)OC(C)(C)C)n1. The molecule has 1 heterocycles. The Morgan fingerprint density at radius 3 is 2.76 bits per heavy atom. The molecule has 1 aromatic heterocycles. The standard InChI is InChI=1S/C12H21N3O2/c1-12(2,3)17-11(16)5-7-13-9-10-6-8-15(4)14-10/h6,8,13H,5,7,9H2,1-4H3. The zero-order valence-electron chi connectivity index (χ0n) is 11.0. The molecule has 0 saturated carbocycles. The maximum atomic E-state index is 11.4. The van der Waals surface area contributed by atoms with Crippen molar-refractivity contribution < 1.29 is 9.53 Å². The monoisotopic (exact) mass is 239 g/mol. The van der Waals surface area contributed by atoms with Gasteiger partial charge in [-0.05, 0) is 26.8 Å². The van der Waals surface area contributed by atoms with Gasteiger partial charge in [-0.3, -0.25) is 9.48 Å². The number of carbonyl (C=O) groups excluding carboxylic acids is 1. The van der Waals surface area contributed by atoms with E-state index in [2.05, 4.69) is 10.4 Å². The predicted molar refractivity (Wildman–Crippen MR) is 65.4 cm³/mol. The number of nitrogens with one attached hydrogen (secondary N) is 1. The van der Waals surface area contributed by atoms with Gasteiger partial charge in [-0.15, -0.1) is 0 Å². The van der Waals surface area contributed by atoms with Gasteiger partial charge in [-0.25, -0.2) is 0 Å². The molecule has 0 atom stereocenters. The number of hydrogen-bond donors (Lipinski definition) is 1. The van der Waals surface area contributed by atoms with Gasteiger partial charge in [-0.2, -0.15) is 5.10 Å². The number of rotatable bonds is 5. The van der Waals surface area contributed by atoms with E-state index in [1.54, 1.807) is 4.68 Å². The van der Waals surface area contributed by atoms with Gasteiger partial charge in [0.1, 0.15) is 5.60 Å². The molecule has 1 N–H and O–H groups in total. The Morgan fingerprint density at radius 1 is 1.53 bits per heavy atom. The summed E-state index contributed by atoms with van der Waals surface area (Å²) in [6.07, 6.45) is 2.27. The van der Waals surface area contributed by atoms with E-state index in [-0.39, 0.29) is 5.97 Å². The minimum Gasteiger partial charge on any atom is -0.460 e. The summed E-state index contributed by atoms with van der Waals surface area (Å²) in [5, 5.41) is 7.38. The molecule has 17 heavy (non-hydrogen) atoms. The molecule has 0 amide bonds. The third-order valence-corrected chi connectivity index (χ3v) is 2.00. The van der Waals surface area contributed by atoms with Crippen LogP contribution in [0.2, 0.25) is 0 Å². The van der Waals surface area contributed by atoms with Gasteiger partial charge < -0.3 is 10.1 Å². The van der Waals surface area contributed by atoms with Gasteiger partial charge in [0.2, 0.25) is 0 Å². The predicted octanol–water partition coefficient (Wildman–Crippen LogP) is 1.24. The first-order chi connectivity index (χ1) is 7.87. The van der Waals surface area contributed by atoms with Crippen LogP contribution in [0.1, 0.15) is 32.9 Å². The number of hydrogen-bond acceptors (Lipinski definition) is 4. The smallest absolute Gasteiger partial charge is 0.307 e. The van der Waals surface area contributed by atoms with Gasteiger partial charge in [0.25, 0.3) is 0 Å². The quantitative estimate of drug-likeness (QED) is 0.620. The molecule has 0 bridgehead atoms. The van der Waals surface area contributed by atoms with Crippen LogP contribution in [0.3, 0.4) is 0 Å². The van der Waals surface area contributed by atoms with Gasteiger partial charge >= 0.3 is 5.97 Å². The number of esters is 1. The highest BCUT2D eigenvalue weighted by Crippen LogP contribution is 2.07. The Kier molecular flexibility index (Phi) is 4.69. The number of carbonyl (C=O) groups is 1. The van der Waals surface area contributed by atoms with Crippen LogP contribution in [0.4, 0.5) is 0 Å². The molecule has 1 rings (SSSR count). The van der Waals surface area contributed by atoms with Crippen LogP contribution >= 0.6 is 0 Å². The molecular weight excluding hydrogens is 218 g/mol. The van der Waals surface area contributed by atoms with Crippen LogP contribution in [0, 0.1) is 0 Å². The Bertz CT molecular complexity index is 366. The maximum Gasteiger partial charge on any atom is 0.307 e. The summed E-state index contributed by atoms with van der Waals surface area (Å²) in [6, 6.07) is 1.94. The second kappa shape index (κ2) is 5.82. The zero-order valence-corrected chi connectivity index (χ0v) is 11.0. The molecule has 1 aromatic rings. The summed E-state index contributed by atoms with van der Waals surface area (Å²) in [7, 11) is 1.88. The largest absolute Gasteiger partial charge is 0.460 e. The van der Waals surface area contributed by atoms with Crippen molar-refractivity contribution in [1.82, 2.24) is 15.1 Å². The number of aromatic nitrogens is 2. The average Bonchev–Trinajstić information content (AvgIpc) is 2.56. The lowest BCUT2D eigenvalue weighted by Gasteiger charge is -2.19. The lowest BCUT2D eigenvalue weighted by Crippen LogP contribution is -2.26. The molecule has 0 radical (unpaired) electrons. The highest BCUT2D eigenvalue weighted by Gasteiger charge is 2.15. The third-order valence-electron chi connectivity index (χ3n) is 2.00. The molecule has 0 fully saturated rings. The molecule has 96 valence electrons. The van der Waals surface area contributed by atoms with E-state index in [0.29, 0.717) is 19.5 Å². The van der Waals surface area contributed by atoms with Crippen molar-refractivity contribution in [1.29, 1.82) is 0 Å². The molecule has 0 aliphatic rings. The van der Waals surface area contributed by atoms with Gasteiger partial charge in [0.05, 0.1) is 12.1 Å². The van der Waals surface area contributed by atoms with Crippen molar-refractivity contribution in [2.24, 2.45) is 7.05 Å². The van der Waals surface area contributed by atoms with Gasteiger partial charge in [0.15, 0.2) is 0 Å². The third kappa shape index (κ3) is 6.06. The van der Waals surface area contributed by atoms with Crippen LogP contribution in [0.25, 0.3) is 0 Å². The first-order valence-electron chi connectivity index (χ1n) is 5.78. The Hall–Kier alpha value is -1.36. The Labute approximate surface area is 102 Å². The van der Waals surface area contributed by atoms with Crippen LogP contribution in [-0.4, -0.2) is 27.9 Å². The van der Waals surface area contributed by atoms with E-state index in [9.17, 15) is 4.79 Å². The highest BCUT2D eigenvalue weighted by atomic mass is 16.6. The van der Waals surface area contributed by atoms with Crippen LogP contribution in [-0.2, 0) is 23.1 Å². The molecule has 0 spiro atoms. The van der Waals surface area contributed by atoms with Crippen molar-refractivity contribution in [2.45, 2.75) is 39.3 Å². The fourth-order valence-corrected chi connectivity index (χ4v) is 1.36. The highest BCUT2D eigenvalue weighted by molar-refractivity contribution is 5.70. The van der Waals surface area contributed by atoms with E-state index in [0.717, 1.165) is 5.69 Å². The molecule has 0 unspecified atom stereocenters. The summed E-state index contributed by atoms with van der Waals surface area (Å²) in [5.41, 5.74) is 0.564. The molecule has 5 nitrogen and oxygen atoms in total. The van der Waals surface area contributed by atoms with Crippen molar-refractivity contribution in [2.75, 3.05) is 6.54 Å². The normalized spacial score (nSPS) is 11.5. The second-order valence-electron chi connectivity index (χ2n) is 4.99. The summed E-state index contributed by atoms with van der Waals surface area (Å²) in [5.74, 6) is -0.175. The zero-order chi connectivity index (χ0) is 12.9. The fraction of sp³-hybridized carbons (Fsp3) is 0.667.